The number of nitrogens with zero attached hydrogens (tertiary/aromatic N) is 2. The molecular formula is C22H28ClN3O3S. The minimum atomic E-state index is -3.63. The summed E-state index contributed by atoms with van der Waals surface area (Å²) < 4.78 is 34.2. The van der Waals surface area contributed by atoms with Crippen LogP contribution >= 0.6 is 11.6 Å². The van der Waals surface area contributed by atoms with Crippen molar-refractivity contribution in [1.82, 2.24) is 9.62 Å². The number of fused-ring (bicyclic) bond motifs is 1. The molecular weight excluding hydrogens is 422 g/mol. The van der Waals surface area contributed by atoms with E-state index in [1.165, 1.54) is 17.3 Å². The fourth-order valence-electron chi connectivity index (χ4n) is 4.39. The van der Waals surface area contributed by atoms with Crippen LogP contribution in [0.4, 0.5) is 5.69 Å². The van der Waals surface area contributed by atoms with Gasteiger partial charge in [-0.3, -0.25) is 0 Å². The summed E-state index contributed by atoms with van der Waals surface area (Å²) in [4.78, 5) is 4.97. The van der Waals surface area contributed by atoms with E-state index in [2.05, 4.69) is 27.6 Å². The van der Waals surface area contributed by atoms with Gasteiger partial charge in [0.2, 0.25) is 10.0 Å². The van der Waals surface area contributed by atoms with Crippen molar-refractivity contribution in [1.29, 1.82) is 0 Å². The third-order valence-electron chi connectivity index (χ3n) is 6.05. The number of sulfonamides is 1. The van der Waals surface area contributed by atoms with Crippen LogP contribution in [-0.4, -0.2) is 59.7 Å². The van der Waals surface area contributed by atoms with Crippen LogP contribution in [0.5, 0.6) is 5.75 Å². The second-order valence-electron chi connectivity index (χ2n) is 8.05. The number of ether oxygens (including phenoxy) is 1. The molecule has 30 heavy (non-hydrogen) atoms. The van der Waals surface area contributed by atoms with E-state index in [1.807, 2.05) is 6.07 Å². The Morgan fingerprint density at radius 1 is 1.10 bits per heavy atom. The zero-order chi connectivity index (χ0) is 21.3. The average Bonchev–Trinajstić information content (AvgIpc) is 2.73. The Morgan fingerprint density at radius 3 is 2.57 bits per heavy atom. The largest absolute Gasteiger partial charge is 0.496 e. The van der Waals surface area contributed by atoms with Crippen LogP contribution in [0.2, 0.25) is 5.02 Å². The predicted molar refractivity (Wildman–Crippen MR) is 120 cm³/mol. The summed E-state index contributed by atoms with van der Waals surface area (Å²) in [7, 11) is 0.189. The molecule has 2 aliphatic rings. The number of hydrogen-bond acceptors (Lipinski definition) is 5. The molecule has 0 radical (unpaired) electrons. The summed E-state index contributed by atoms with van der Waals surface area (Å²) in [6.45, 7) is 4.09. The molecule has 1 fully saturated rings. The van der Waals surface area contributed by atoms with Crippen LogP contribution < -0.4 is 14.4 Å². The Bertz CT molecular complexity index is 1020. The summed E-state index contributed by atoms with van der Waals surface area (Å²) in [5, 5.41) is 0.408. The smallest absolute Gasteiger partial charge is 0.240 e. The van der Waals surface area contributed by atoms with E-state index < -0.39 is 10.0 Å². The highest BCUT2D eigenvalue weighted by atomic mass is 35.5. The molecule has 1 aliphatic carbocycles. The molecule has 1 atom stereocenters. The number of likely N-dealkylation sites (N-methyl/N-ethyl adjacent to an activating group) is 1. The maximum Gasteiger partial charge on any atom is 0.240 e. The van der Waals surface area contributed by atoms with Crippen molar-refractivity contribution in [2.24, 2.45) is 0 Å². The van der Waals surface area contributed by atoms with Gasteiger partial charge in [-0.25, -0.2) is 13.1 Å². The average molecular weight is 450 g/mol. The van der Waals surface area contributed by atoms with Gasteiger partial charge in [-0.1, -0.05) is 17.7 Å². The number of benzene rings is 2. The second-order valence-corrected chi connectivity index (χ2v) is 10.2. The van der Waals surface area contributed by atoms with Gasteiger partial charge < -0.3 is 14.5 Å². The molecule has 0 aromatic heterocycles. The number of nitrogens with one attached hydrogen (secondary N) is 1. The molecule has 0 saturated carbocycles. The van der Waals surface area contributed by atoms with Crippen molar-refractivity contribution in [3.63, 3.8) is 0 Å². The van der Waals surface area contributed by atoms with E-state index in [0.29, 0.717) is 11.4 Å². The first-order chi connectivity index (χ1) is 14.4. The molecule has 2 aromatic rings. The molecule has 1 saturated heterocycles. The lowest BCUT2D eigenvalue weighted by Crippen LogP contribution is -2.45. The van der Waals surface area contributed by atoms with E-state index in [4.69, 9.17) is 16.3 Å². The fraction of sp³-hybridized carbons (Fsp3) is 0.455. The maximum atomic E-state index is 12.9. The van der Waals surface area contributed by atoms with E-state index in [9.17, 15) is 8.42 Å². The van der Waals surface area contributed by atoms with Gasteiger partial charge in [-0.2, -0.15) is 0 Å². The first-order valence-electron chi connectivity index (χ1n) is 10.3. The summed E-state index contributed by atoms with van der Waals surface area (Å²) in [6, 6.07) is 10.3. The molecule has 2 aromatic carbocycles. The molecule has 6 nitrogen and oxygen atoms in total. The Morgan fingerprint density at radius 2 is 1.87 bits per heavy atom. The normalized spacial score (nSPS) is 20.1. The monoisotopic (exact) mass is 449 g/mol. The van der Waals surface area contributed by atoms with Crippen LogP contribution in [0.3, 0.4) is 0 Å². The van der Waals surface area contributed by atoms with Crippen LogP contribution in [-0.2, 0) is 22.9 Å². The number of anilines is 1. The van der Waals surface area contributed by atoms with Gasteiger partial charge in [0, 0.05) is 48.5 Å². The minimum absolute atomic E-state index is 0.182. The Hall–Kier alpha value is -1.80. The molecule has 162 valence electrons. The third kappa shape index (κ3) is 4.44. The quantitative estimate of drug-likeness (QED) is 0.760. The summed E-state index contributed by atoms with van der Waals surface area (Å²) in [5.74, 6) is 0.828. The van der Waals surface area contributed by atoms with Gasteiger partial charge in [0.05, 0.1) is 12.0 Å². The SMILES string of the molecule is COc1ccc(N2CCN(C)CC2)c2c1C[C@H](NS(=O)(=O)c1cccc(Cl)c1)CC2. The van der Waals surface area contributed by atoms with Crippen molar-refractivity contribution in [3.8, 4) is 5.75 Å². The molecule has 0 amide bonds. The summed E-state index contributed by atoms with van der Waals surface area (Å²) in [6.07, 6.45) is 2.18. The van der Waals surface area contributed by atoms with E-state index in [-0.39, 0.29) is 10.9 Å². The number of hydrogen-bond donors (Lipinski definition) is 1. The molecule has 4 rings (SSSR count). The second kappa shape index (κ2) is 8.75. The summed E-state index contributed by atoms with van der Waals surface area (Å²) >= 11 is 5.98. The van der Waals surface area contributed by atoms with Gasteiger partial charge in [0.15, 0.2) is 0 Å². The van der Waals surface area contributed by atoms with Crippen LogP contribution in [0.15, 0.2) is 41.3 Å². The number of piperazine rings is 1. The number of methoxy groups -OCH3 is 1. The Kier molecular flexibility index (Phi) is 6.25. The van der Waals surface area contributed by atoms with Gasteiger partial charge >= 0.3 is 0 Å². The molecule has 1 heterocycles. The van der Waals surface area contributed by atoms with Crippen molar-refractivity contribution < 1.29 is 13.2 Å². The van der Waals surface area contributed by atoms with Gasteiger partial charge in [0.1, 0.15) is 5.75 Å². The lowest BCUT2D eigenvalue weighted by molar-refractivity contribution is 0.312. The van der Waals surface area contributed by atoms with Crippen LogP contribution in [0.25, 0.3) is 0 Å². The maximum absolute atomic E-state index is 12.9. The number of halogens is 1. The lowest BCUT2D eigenvalue weighted by atomic mass is 9.86. The van der Waals surface area contributed by atoms with Crippen LogP contribution in [0, 0.1) is 0 Å². The third-order valence-corrected chi connectivity index (χ3v) is 7.80. The molecule has 1 aliphatic heterocycles. The Balaban J connectivity index is 1.58. The first-order valence-corrected chi connectivity index (χ1v) is 12.1. The van der Waals surface area contributed by atoms with Gasteiger partial charge in [-0.15, -0.1) is 0 Å². The van der Waals surface area contributed by atoms with Gasteiger partial charge in [-0.05, 0) is 62.2 Å². The van der Waals surface area contributed by atoms with E-state index >= 15 is 0 Å². The lowest BCUT2D eigenvalue weighted by Gasteiger charge is -2.37. The highest BCUT2D eigenvalue weighted by molar-refractivity contribution is 7.89. The molecule has 0 spiro atoms. The standard InChI is InChI=1S/C22H28ClN3O3S/c1-25-10-12-26(13-11-25)21-8-9-22(29-2)20-15-17(6-7-19(20)21)24-30(27,28)18-5-3-4-16(23)14-18/h3-5,8-9,14,17,24H,6-7,10-13,15H2,1-2H3/t17-/m1/s1. The molecule has 0 unspecified atom stereocenters. The van der Waals surface area contributed by atoms with Gasteiger partial charge in [0.25, 0.3) is 0 Å². The minimum Gasteiger partial charge on any atom is -0.496 e. The Labute approximate surface area is 183 Å². The topological polar surface area (TPSA) is 61.9 Å². The first kappa shape index (κ1) is 21.4. The molecule has 8 heteroatoms. The fourth-order valence-corrected chi connectivity index (χ4v) is 5.96. The van der Waals surface area contributed by atoms with E-state index in [0.717, 1.165) is 50.3 Å². The highest BCUT2D eigenvalue weighted by Gasteiger charge is 2.29. The van der Waals surface area contributed by atoms with Crippen molar-refractivity contribution in [2.45, 2.75) is 30.2 Å². The molecule has 0 bridgehead atoms. The zero-order valence-corrected chi connectivity index (χ0v) is 19.0. The number of rotatable bonds is 5. The zero-order valence-electron chi connectivity index (χ0n) is 17.4. The highest BCUT2D eigenvalue weighted by Crippen LogP contribution is 2.37. The van der Waals surface area contributed by atoms with E-state index in [1.54, 1.807) is 25.3 Å². The van der Waals surface area contributed by atoms with Crippen LogP contribution in [0.1, 0.15) is 17.5 Å². The summed E-state index contributed by atoms with van der Waals surface area (Å²) in [5.41, 5.74) is 3.66. The van der Waals surface area contributed by atoms with Crippen molar-refractivity contribution >= 4 is 27.3 Å². The van der Waals surface area contributed by atoms with Crippen molar-refractivity contribution in [3.05, 3.63) is 52.5 Å². The molecule has 1 N–H and O–H groups in total. The predicted octanol–water partition coefficient (Wildman–Crippen LogP) is 2.94. The van der Waals surface area contributed by atoms with Crippen molar-refractivity contribution in [2.75, 3.05) is 45.2 Å².